The maximum atomic E-state index is 12.2. The lowest BCUT2D eigenvalue weighted by atomic mass is 9.89. The van der Waals surface area contributed by atoms with Crippen molar-refractivity contribution in [3.05, 3.63) is 36.2 Å². The number of nitrogens with zero attached hydrogens (tertiary/aromatic N) is 2. The SMILES string of the molecule is O=C(NCC1CCC(Br)CC1)c1ccc2nccnc2c1. The topological polar surface area (TPSA) is 54.9 Å². The van der Waals surface area contributed by atoms with Crippen molar-refractivity contribution in [1.82, 2.24) is 15.3 Å². The number of amides is 1. The highest BCUT2D eigenvalue weighted by Crippen LogP contribution is 2.28. The molecule has 3 rings (SSSR count). The second kappa shape index (κ2) is 6.52. The van der Waals surface area contributed by atoms with Crippen LogP contribution in [0.5, 0.6) is 0 Å². The van der Waals surface area contributed by atoms with Gasteiger partial charge in [0.25, 0.3) is 5.91 Å². The lowest BCUT2D eigenvalue weighted by molar-refractivity contribution is 0.0944. The molecule has 21 heavy (non-hydrogen) atoms. The van der Waals surface area contributed by atoms with E-state index < -0.39 is 0 Å². The second-order valence-corrected chi connectivity index (χ2v) is 6.88. The summed E-state index contributed by atoms with van der Waals surface area (Å²) < 4.78 is 0. The molecule has 1 aliphatic rings. The Hall–Kier alpha value is -1.49. The van der Waals surface area contributed by atoms with Crippen LogP contribution in [0, 0.1) is 5.92 Å². The van der Waals surface area contributed by atoms with Gasteiger partial charge < -0.3 is 5.32 Å². The van der Waals surface area contributed by atoms with Crippen molar-refractivity contribution in [3.63, 3.8) is 0 Å². The molecule has 0 atom stereocenters. The van der Waals surface area contributed by atoms with Crippen LogP contribution in [0.25, 0.3) is 11.0 Å². The molecule has 0 aliphatic heterocycles. The zero-order valence-electron chi connectivity index (χ0n) is 11.8. The molecule has 1 aromatic carbocycles. The number of halogens is 1. The number of carbonyl (C=O) groups excluding carboxylic acids is 1. The summed E-state index contributed by atoms with van der Waals surface area (Å²) in [6, 6.07) is 5.45. The molecular formula is C16H18BrN3O. The molecule has 1 amide bonds. The van der Waals surface area contributed by atoms with Crippen LogP contribution in [0.3, 0.4) is 0 Å². The van der Waals surface area contributed by atoms with Gasteiger partial charge in [-0.05, 0) is 49.8 Å². The van der Waals surface area contributed by atoms with E-state index in [9.17, 15) is 4.79 Å². The van der Waals surface area contributed by atoms with Crippen molar-refractivity contribution in [2.45, 2.75) is 30.5 Å². The molecular weight excluding hydrogens is 330 g/mol. The zero-order chi connectivity index (χ0) is 14.7. The van der Waals surface area contributed by atoms with Gasteiger partial charge >= 0.3 is 0 Å². The van der Waals surface area contributed by atoms with E-state index in [0.29, 0.717) is 16.3 Å². The Bertz CT molecular complexity index is 638. The molecule has 0 bridgehead atoms. The van der Waals surface area contributed by atoms with Gasteiger partial charge in [0, 0.05) is 29.3 Å². The molecule has 4 nitrogen and oxygen atoms in total. The number of fused-ring (bicyclic) bond motifs is 1. The third kappa shape index (κ3) is 3.59. The fourth-order valence-corrected chi connectivity index (χ4v) is 3.30. The van der Waals surface area contributed by atoms with Gasteiger partial charge in [0.1, 0.15) is 0 Å². The number of benzene rings is 1. The minimum atomic E-state index is -0.0245. The normalized spacial score (nSPS) is 22.1. The summed E-state index contributed by atoms with van der Waals surface area (Å²) in [4.78, 5) is 21.3. The third-order valence-corrected chi connectivity index (χ3v) is 4.97. The van der Waals surface area contributed by atoms with Crippen molar-refractivity contribution >= 4 is 32.9 Å². The Morgan fingerprint density at radius 2 is 1.86 bits per heavy atom. The number of carbonyl (C=O) groups is 1. The molecule has 0 spiro atoms. The monoisotopic (exact) mass is 347 g/mol. The first-order valence-electron chi connectivity index (χ1n) is 7.35. The van der Waals surface area contributed by atoms with Crippen LogP contribution in [-0.2, 0) is 0 Å². The van der Waals surface area contributed by atoms with E-state index in [2.05, 4.69) is 31.2 Å². The number of alkyl halides is 1. The number of hydrogen-bond acceptors (Lipinski definition) is 3. The van der Waals surface area contributed by atoms with Crippen molar-refractivity contribution in [2.24, 2.45) is 5.92 Å². The number of hydrogen-bond donors (Lipinski definition) is 1. The Labute approximate surface area is 132 Å². The van der Waals surface area contributed by atoms with Crippen molar-refractivity contribution in [1.29, 1.82) is 0 Å². The van der Waals surface area contributed by atoms with Gasteiger partial charge in [-0.15, -0.1) is 0 Å². The number of nitrogens with one attached hydrogen (secondary N) is 1. The predicted molar refractivity (Wildman–Crippen MR) is 86.5 cm³/mol. The minimum absolute atomic E-state index is 0.0245. The smallest absolute Gasteiger partial charge is 0.251 e. The summed E-state index contributed by atoms with van der Waals surface area (Å²) >= 11 is 3.66. The van der Waals surface area contributed by atoms with E-state index in [4.69, 9.17) is 0 Å². The van der Waals surface area contributed by atoms with Gasteiger partial charge in [-0.3, -0.25) is 14.8 Å². The first kappa shape index (κ1) is 14.4. The molecule has 0 radical (unpaired) electrons. The summed E-state index contributed by atoms with van der Waals surface area (Å²) in [7, 11) is 0. The maximum Gasteiger partial charge on any atom is 0.251 e. The van der Waals surface area contributed by atoms with Gasteiger partial charge in [-0.1, -0.05) is 15.9 Å². The van der Waals surface area contributed by atoms with Crippen molar-refractivity contribution in [2.75, 3.05) is 6.54 Å². The highest BCUT2D eigenvalue weighted by Gasteiger charge is 2.19. The molecule has 1 saturated carbocycles. The zero-order valence-corrected chi connectivity index (χ0v) is 13.3. The van der Waals surface area contributed by atoms with Crippen LogP contribution >= 0.6 is 15.9 Å². The fourth-order valence-electron chi connectivity index (χ4n) is 2.77. The van der Waals surface area contributed by atoms with Crippen LogP contribution in [0.2, 0.25) is 0 Å². The lowest BCUT2D eigenvalue weighted by Gasteiger charge is -2.25. The van der Waals surface area contributed by atoms with Crippen LogP contribution in [0.4, 0.5) is 0 Å². The Kier molecular flexibility index (Phi) is 4.48. The third-order valence-electron chi connectivity index (χ3n) is 4.06. The maximum absolute atomic E-state index is 12.2. The van der Waals surface area contributed by atoms with E-state index >= 15 is 0 Å². The van der Waals surface area contributed by atoms with E-state index in [1.807, 2.05) is 12.1 Å². The summed E-state index contributed by atoms with van der Waals surface area (Å²) in [6.45, 7) is 0.761. The van der Waals surface area contributed by atoms with Gasteiger partial charge in [-0.2, -0.15) is 0 Å². The largest absolute Gasteiger partial charge is 0.352 e. The van der Waals surface area contributed by atoms with Gasteiger partial charge in [-0.25, -0.2) is 0 Å². The fraction of sp³-hybridized carbons (Fsp3) is 0.438. The molecule has 1 aromatic heterocycles. The number of aromatic nitrogens is 2. The molecule has 5 heteroatoms. The predicted octanol–water partition coefficient (Wildman–Crippen LogP) is 3.31. The van der Waals surface area contributed by atoms with E-state index in [1.165, 1.54) is 25.7 Å². The van der Waals surface area contributed by atoms with Gasteiger partial charge in [0.15, 0.2) is 0 Å². The Morgan fingerprint density at radius 1 is 1.14 bits per heavy atom. The highest BCUT2D eigenvalue weighted by atomic mass is 79.9. The molecule has 0 unspecified atom stereocenters. The van der Waals surface area contributed by atoms with Crippen LogP contribution in [0.1, 0.15) is 36.0 Å². The minimum Gasteiger partial charge on any atom is -0.352 e. The van der Waals surface area contributed by atoms with Crippen molar-refractivity contribution < 1.29 is 4.79 Å². The first-order valence-corrected chi connectivity index (χ1v) is 8.27. The van der Waals surface area contributed by atoms with Crippen LogP contribution in [-0.4, -0.2) is 27.2 Å². The summed E-state index contributed by atoms with van der Waals surface area (Å²) in [5.41, 5.74) is 2.21. The molecule has 110 valence electrons. The molecule has 0 saturated heterocycles. The van der Waals surface area contributed by atoms with Gasteiger partial charge in [0.2, 0.25) is 0 Å². The standard InChI is InChI=1S/C16H18BrN3O/c17-13-4-1-11(2-5-13)10-20-16(21)12-3-6-14-15(9-12)19-8-7-18-14/h3,6-9,11,13H,1-2,4-5,10H2,(H,20,21). The summed E-state index contributed by atoms with van der Waals surface area (Å²) in [5, 5.41) is 3.05. The van der Waals surface area contributed by atoms with Crippen LogP contribution < -0.4 is 5.32 Å². The lowest BCUT2D eigenvalue weighted by Crippen LogP contribution is -2.31. The van der Waals surface area contributed by atoms with Crippen molar-refractivity contribution in [3.8, 4) is 0 Å². The molecule has 1 N–H and O–H groups in total. The molecule has 1 aliphatic carbocycles. The Balaban J connectivity index is 1.61. The Morgan fingerprint density at radius 3 is 2.62 bits per heavy atom. The molecule has 2 aromatic rings. The average Bonchev–Trinajstić information content (AvgIpc) is 2.53. The van der Waals surface area contributed by atoms with Crippen LogP contribution in [0.15, 0.2) is 30.6 Å². The highest BCUT2D eigenvalue weighted by molar-refractivity contribution is 9.09. The molecule has 1 heterocycles. The van der Waals surface area contributed by atoms with E-state index in [-0.39, 0.29) is 5.91 Å². The second-order valence-electron chi connectivity index (χ2n) is 5.59. The average molecular weight is 348 g/mol. The van der Waals surface area contributed by atoms with E-state index in [1.54, 1.807) is 18.5 Å². The summed E-state index contributed by atoms with van der Waals surface area (Å²) in [6.07, 6.45) is 8.06. The van der Waals surface area contributed by atoms with Gasteiger partial charge in [0.05, 0.1) is 11.0 Å². The number of rotatable bonds is 3. The molecule has 1 fully saturated rings. The quantitative estimate of drug-likeness (QED) is 0.866. The first-order chi connectivity index (χ1) is 10.2. The van der Waals surface area contributed by atoms with E-state index in [0.717, 1.165) is 17.6 Å². The summed E-state index contributed by atoms with van der Waals surface area (Å²) in [5.74, 6) is 0.575.